The van der Waals surface area contributed by atoms with E-state index in [2.05, 4.69) is 5.32 Å². The van der Waals surface area contributed by atoms with Gasteiger partial charge >= 0.3 is 6.09 Å². The van der Waals surface area contributed by atoms with Crippen LogP contribution in [0, 0.1) is 0 Å². The van der Waals surface area contributed by atoms with Crippen LogP contribution in [0.2, 0.25) is 0 Å². The average Bonchev–Trinajstić information content (AvgIpc) is 2.63. The van der Waals surface area contributed by atoms with Crippen LogP contribution >= 0.6 is 0 Å². The van der Waals surface area contributed by atoms with E-state index in [0.717, 1.165) is 25.9 Å². The van der Waals surface area contributed by atoms with E-state index in [9.17, 15) is 9.59 Å². The van der Waals surface area contributed by atoms with Crippen LogP contribution in [-0.4, -0.2) is 30.0 Å². The number of nitrogens with one attached hydrogen (secondary N) is 1. The van der Waals surface area contributed by atoms with Crippen LogP contribution in [-0.2, 0) is 0 Å². The van der Waals surface area contributed by atoms with Gasteiger partial charge in [0.15, 0.2) is 0 Å². The second-order valence-electron chi connectivity index (χ2n) is 5.76. The topological polar surface area (TPSA) is 58.6 Å². The van der Waals surface area contributed by atoms with Crippen LogP contribution in [0.3, 0.4) is 0 Å². The number of ether oxygens (including phenoxy) is 1. The fourth-order valence-electron chi connectivity index (χ4n) is 2.71. The number of likely N-dealkylation sites (tertiary alicyclic amines) is 1. The van der Waals surface area contributed by atoms with Crippen molar-refractivity contribution in [2.75, 3.05) is 18.4 Å². The van der Waals surface area contributed by atoms with Gasteiger partial charge in [-0.25, -0.2) is 4.79 Å². The average molecular weight is 324 g/mol. The Hall–Kier alpha value is -2.82. The lowest BCUT2D eigenvalue weighted by Crippen LogP contribution is -2.35. The highest BCUT2D eigenvalue weighted by Crippen LogP contribution is 2.16. The molecule has 2 aromatic rings. The number of hydrogen-bond donors (Lipinski definition) is 1. The van der Waals surface area contributed by atoms with E-state index in [-0.39, 0.29) is 5.91 Å². The Bertz CT molecular complexity index is 692. The summed E-state index contributed by atoms with van der Waals surface area (Å²) >= 11 is 0. The van der Waals surface area contributed by atoms with Gasteiger partial charge in [-0.1, -0.05) is 18.2 Å². The first-order chi connectivity index (χ1) is 11.7. The summed E-state index contributed by atoms with van der Waals surface area (Å²) in [7, 11) is 0. The molecule has 0 aliphatic carbocycles. The summed E-state index contributed by atoms with van der Waals surface area (Å²) in [5.74, 6) is 0.528. The second-order valence-corrected chi connectivity index (χ2v) is 5.76. The lowest BCUT2D eigenvalue weighted by molar-refractivity contribution is 0.0724. The van der Waals surface area contributed by atoms with Gasteiger partial charge in [0.05, 0.1) is 0 Å². The molecule has 0 atom stereocenters. The maximum Gasteiger partial charge on any atom is 0.417 e. The molecule has 24 heavy (non-hydrogen) atoms. The van der Waals surface area contributed by atoms with Gasteiger partial charge in [0.2, 0.25) is 0 Å². The summed E-state index contributed by atoms with van der Waals surface area (Å²) in [6, 6.07) is 15.7. The molecule has 2 amide bonds. The second kappa shape index (κ2) is 7.64. The van der Waals surface area contributed by atoms with Crippen molar-refractivity contribution in [1.82, 2.24) is 4.90 Å². The molecule has 3 rings (SSSR count). The molecular formula is C19H20N2O3. The summed E-state index contributed by atoms with van der Waals surface area (Å²) in [5.41, 5.74) is 1.23. The molecule has 0 aromatic heterocycles. The molecule has 1 aliphatic rings. The van der Waals surface area contributed by atoms with Crippen molar-refractivity contribution in [1.29, 1.82) is 0 Å². The highest BCUT2D eigenvalue weighted by Gasteiger charge is 2.18. The summed E-state index contributed by atoms with van der Waals surface area (Å²) in [4.78, 5) is 26.1. The quantitative estimate of drug-likeness (QED) is 0.931. The van der Waals surface area contributed by atoms with Gasteiger partial charge in [-0.15, -0.1) is 0 Å². The fourth-order valence-corrected chi connectivity index (χ4v) is 2.71. The van der Waals surface area contributed by atoms with Crippen molar-refractivity contribution in [2.24, 2.45) is 0 Å². The third kappa shape index (κ3) is 4.13. The Morgan fingerprint density at radius 1 is 0.875 bits per heavy atom. The number of nitrogens with zero attached hydrogens (tertiary/aromatic N) is 1. The largest absolute Gasteiger partial charge is 0.417 e. The minimum atomic E-state index is -0.559. The zero-order valence-corrected chi connectivity index (χ0v) is 13.4. The first kappa shape index (κ1) is 16.1. The van der Waals surface area contributed by atoms with Crippen molar-refractivity contribution in [2.45, 2.75) is 19.3 Å². The van der Waals surface area contributed by atoms with E-state index in [1.165, 1.54) is 6.42 Å². The number of rotatable bonds is 3. The van der Waals surface area contributed by atoms with Crippen molar-refractivity contribution in [3.05, 3.63) is 60.2 Å². The molecule has 124 valence electrons. The smallest absolute Gasteiger partial charge is 0.410 e. The molecule has 1 N–H and O–H groups in total. The molecule has 0 radical (unpaired) electrons. The molecular weight excluding hydrogens is 304 g/mol. The maximum absolute atomic E-state index is 12.4. The number of hydrogen-bond acceptors (Lipinski definition) is 3. The molecule has 2 aromatic carbocycles. The normalized spacial score (nSPS) is 14.1. The summed E-state index contributed by atoms with van der Waals surface area (Å²) < 4.78 is 5.17. The summed E-state index contributed by atoms with van der Waals surface area (Å²) in [6.45, 7) is 1.64. The van der Waals surface area contributed by atoms with Gasteiger partial charge in [0.1, 0.15) is 5.75 Å². The van der Waals surface area contributed by atoms with Crippen LogP contribution in [0.25, 0.3) is 0 Å². The zero-order chi connectivity index (χ0) is 16.8. The third-order valence-corrected chi connectivity index (χ3v) is 3.98. The van der Waals surface area contributed by atoms with Crippen LogP contribution in [0.1, 0.15) is 29.6 Å². The molecule has 0 spiro atoms. The molecule has 1 fully saturated rings. The predicted octanol–water partition coefficient (Wildman–Crippen LogP) is 3.92. The minimum Gasteiger partial charge on any atom is -0.410 e. The highest BCUT2D eigenvalue weighted by molar-refractivity contribution is 5.95. The van der Waals surface area contributed by atoms with Gasteiger partial charge in [-0.05, 0) is 55.7 Å². The predicted molar refractivity (Wildman–Crippen MR) is 92.3 cm³/mol. The Labute approximate surface area is 141 Å². The van der Waals surface area contributed by atoms with E-state index in [0.29, 0.717) is 17.0 Å². The number of piperidine rings is 1. The van der Waals surface area contributed by atoms with Crippen LogP contribution < -0.4 is 10.1 Å². The number of benzene rings is 2. The number of para-hydroxylation sites is 1. The number of anilines is 1. The van der Waals surface area contributed by atoms with Gasteiger partial charge in [-0.3, -0.25) is 10.1 Å². The lowest BCUT2D eigenvalue weighted by atomic mass is 10.1. The van der Waals surface area contributed by atoms with Gasteiger partial charge in [0.25, 0.3) is 5.91 Å². The molecule has 1 heterocycles. The Morgan fingerprint density at radius 2 is 1.54 bits per heavy atom. The highest BCUT2D eigenvalue weighted by atomic mass is 16.6. The minimum absolute atomic E-state index is 0.0492. The van der Waals surface area contributed by atoms with Crippen LogP contribution in [0.5, 0.6) is 5.75 Å². The maximum atomic E-state index is 12.4. The first-order valence-electron chi connectivity index (χ1n) is 8.15. The molecule has 1 saturated heterocycles. The standard InChI is InChI=1S/C19H20N2O3/c22-18(21-13-5-2-6-14-21)15-9-11-16(12-10-15)20-19(23)24-17-7-3-1-4-8-17/h1,3-4,7-12H,2,5-6,13-14H2,(H,20,23). The molecule has 0 bridgehead atoms. The SMILES string of the molecule is O=C(Nc1ccc(C(=O)N2CCCCC2)cc1)Oc1ccccc1. The molecule has 5 nitrogen and oxygen atoms in total. The Kier molecular flexibility index (Phi) is 5.11. The summed E-state index contributed by atoms with van der Waals surface area (Å²) in [5, 5.41) is 2.65. The zero-order valence-electron chi connectivity index (χ0n) is 13.4. The van der Waals surface area contributed by atoms with Crippen molar-refractivity contribution < 1.29 is 14.3 Å². The van der Waals surface area contributed by atoms with E-state index in [1.54, 1.807) is 48.5 Å². The van der Waals surface area contributed by atoms with Crippen LogP contribution in [0.15, 0.2) is 54.6 Å². The Balaban J connectivity index is 1.58. The van der Waals surface area contributed by atoms with E-state index in [4.69, 9.17) is 4.74 Å². The van der Waals surface area contributed by atoms with Crippen LogP contribution in [0.4, 0.5) is 10.5 Å². The fraction of sp³-hybridized carbons (Fsp3) is 0.263. The van der Waals surface area contributed by atoms with E-state index >= 15 is 0 Å². The molecule has 0 saturated carbocycles. The van der Waals surface area contributed by atoms with Crippen molar-refractivity contribution in [3.63, 3.8) is 0 Å². The molecule has 0 unspecified atom stereocenters. The molecule has 1 aliphatic heterocycles. The van der Waals surface area contributed by atoms with E-state index in [1.807, 2.05) is 11.0 Å². The van der Waals surface area contributed by atoms with Gasteiger partial charge < -0.3 is 9.64 Å². The monoisotopic (exact) mass is 324 g/mol. The van der Waals surface area contributed by atoms with E-state index < -0.39 is 6.09 Å². The first-order valence-corrected chi connectivity index (χ1v) is 8.15. The number of amides is 2. The van der Waals surface area contributed by atoms with Gasteiger partial charge in [0, 0.05) is 24.3 Å². The third-order valence-electron chi connectivity index (χ3n) is 3.98. The summed E-state index contributed by atoms with van der Waals surface area (Å²) in [6.07, 6.45) is 2.76. The number of carbonyl (C=O) groups is 2. The van der Waals surface area contributed by atoms with Gasteiger partial charge in [-0.2, -0.15) is 0 Å². The van der Waals surface area contributed by atoms with Crippen molar-refractivity contribution in [3.8, 4) is 5.75 Å². The number of carbonyl (C=O) groups excluding carboxylic acids is 2. The molecule has 5 heteroatoms. The lowest BCUT2D eigenvalue weighted by Gasteiger charge is -2.26. The van der Waals surface area contributed by atoms with Crippen molar-refractivity contribution >= 4 is 17.7 Å². The Morgan fingerprint density at radius 3 is 2.21 bits per heavy atom.